The second-order valence-corrected chi connectivity index (χ2v) is 17.8. The molecule has 0 N–H and O–H groups in total. The molecule has 5 nitrogen and oxygen atoms in total. The number of benzene rings is 10. The van der Waals surface area contributed by atoms with Gasteiger partial charge in [-0.1, -0.05) is 194 Å². The quantitative estimate of drug-likeness (QED) is 0.167. The minimum absolute atomic E-state index is 0.0497. The third kappa shape index (κ3) is 5.81. The molecular formula is C66H43N5. The zero-order valence-corrected chi connectivity index (χ0v) is 37.7. The Kier molecular flexibility index (Phi) is 5.97. The van der Waals surface area contributed by atoms with Crippen LogP contribution in [0.1, 0.15) is 48.7 Å². The molecule has 14 aromatic rings. The Labute approximate surface area is 430 Å². The van der Waals surface area contributed by atoms with Crippen LogP contribution in [0.2, 0.25) is 0 Å². The van der Waals surface area contributed by atoms with Crippen LogP contribution < -0.4 is 0 Å². The van der Waals surface area contributed by atoms with Crippen LogP contribution in [0.15, 0.2) is 236 Å². The Balaban J connectivity index is 1.13. The summed E-state index contributed by atoms with van der Waals surface area (Å²) in [5, 5.41) is 1.27. The summed E-state index contributed by atoms with van der Waals surface area (Å²) in [5.74, 6) is -0.563. The SMILES string of the molecule is [2H]c1c([2H])c([2H])c2c(c1[2H])c1c([2H])c([2H])c([2H])c(C)c1n2-c1cc(-c2c(-c3ccc(C4c5ccccc5-c5ccccc54)cc3)cccc2-n2c3ccccc3c3ccccc32)nc(-n2c3c([2H])c([2H])c([2H])c([2H])c3c3c([2H])c([2H])c([2H])c([2H])c32)n1. The summed E-state index contributed by atoms with van der Waals surface area (Å²) < 4.78 is 143. The summed E-state index contributed by atoms with van der Waals surface area (Å²) in [6.45, 7) is 1.55. The van der Waals surface area contributed by atoms with Gasteiger partial charge in [-0.15, -0.1) is 0 Å². The number of fused-ring (bicyclic) bond motifs is 12. The van der Waals surface area contributed by atoms with Gasteiger partial charge in [0.25, 0.3) is 0 Å². The van der Waals surface area contributed by atoms with Crippen LogP contribution in [0.25, 0.3) is 116 Å². The number of rotatable bonds is 6. The van der Waals surface area contributed by atoms with Crippen molar-refractivity contribution < 1.29 is 20.6 Å². The maximum Gasteiger partial charge on any atom is 0.237 e. The molecule has 1 aliphatic carbocycles. The molecule has 4 heterocycles. The predicted octanol–water partition coefficient (Wildman–Crippen LogP) is 16.6. The van der Waals surface area contributed by atoms with Gasteiger partial charge in [0.05, 0.1) is 65.0 Å². The highest BCUT2D eigenvalue weighted by atomic mass is 15.2. The average molecular weight is 921 g/mol. The second-order valence-electron chi connectivity index (χ2n) is 17.8. The van der Waals surface area contributed by atoms with E-state index in [1.165, 1.54) is 20.3 Å². The molecule has 0 amide bonds. The van der Waals surface area contributed by atoms with E-state index < -0.39 is 84.6 Å². The summed E-state index contributed by atoms with van der Waals surface area (Å²) in [5.41, 5.74) is 9.48. The summed E-state index contributed by atoms with van der Waals surface area (Å²) in [7, 11) is 0. The van der Waals surface area contributed by atoms with E-state index in [0.29, 0.717) is 16.8 Å². The van der Waals surface area contributed by atoms with Crippen molar-refractivity contribution >= 4 is 65.4 Å². The van der Waals surface area contributed by atoms with Gasteiger partial charge in [0.15, 0.2) is 0 Å². The first-order chi connectivity index (χ1) is 41.4. The lowest BCUT2D eigenvalue weighted by molar-refractivity contribution is 0.950. The van der Waals surface area contributed by atoms with E-state index in [9.17, 15) is 11.0 Å². The van der Waals surface area contributed by atoms with E-state index in [0.717, 1.165) is 44.1 Å². The molecule has 0 saturated heterocycles. The van der Waals surface area contributed by atoms with Crippen molar-refractivity contribution in [1.29, 1.82) is 0 Å². The monoisotopic (exact) mass is 920 g/mol. The molecule has 71 heavy (non-hydrogen) atoms. The summed E-state index contributed by atoms with van der Waals surface area (Å²) in [6, 6.07) is 39.9. The van der Waals surface area contributed by atoms with Gasteiger partial charge in [-0.25, -0.2) is 4.98 Å². The number of aryl methyl sites for hydroxylation is 1. The summed E-state index contributed by atoms with van der Waals surface area (Å²) in [6.07, 6.45) is 0. The predicted molar refractivity (Wildman–Crippen MR) is 293 cm³/mol. The van der Waals surface area contributed by atoms with Gasteiger partial charge < -0.3 is 4.57 Å². The maximum atomic E-state index is 9.62. The summed E-state index contributed by atoms with van der Waals surface area (Å²) >= 11 is 0. The van der Waals surface area contributed by atoms with Gasteiger partial charge in [0.2, 0.25) is 5.95 Å². The molecule has 5 heteroatoms. The molecule has 0 atom stereocenters. The maximum absolute atomic E-state index is 9.62. The second kappa shape index (κ2) is 15.3. The lowest BCUT2D eigenvalue weighted by Crippen LogP contribution is -2.09. The van der Waals surface area contributed by atoms with Crippen molar-refractivity contribution in [3.8, 4) is 51.0 Å². The van der Waals surface area contributed by atoms with E-state index in [-0.39, 0.29) is 78.6 Å². The first-order valence-electron chi connectivity index (χ1n) is 30.7. The smallest absolute Gasteiger partial charge is 0.237 e. The normalized spacial score (nSPS) is 15.5. The highest BCUT2D eigenvalue weighted by molar-refractivity contribution is 6.12. The molecule has 1 aliphatic rings. The average Bonchev–Trinajstić information content (AvgIpc) is 1.61. The minimum Gasteiger partial charge on any atom is -0.309 e. The molecule has 4 aromatic heterocycles. The van der Waals surface area contributed by atoms with Crippen LogP contribution >= 0.6 is 0 Å². The van der Waals surface area contributed by atoms with Crippen LogP contribution in [-0.2, 0) is 0 Å². The van der Waals surface area contributed by atoms with Gasteiger partial charge in [-0.2, -0.15) is 4.98 Å². The number of hydrogen-bond acceptors (Lipinski definition) is 2. The van der Waals surface area contributed by atoms with Crippen molar-refractivity contribution in [1.82, 2.24) is 23.7 Å². The Morgan fingerprint density at radius 2 is 0.958 bits per heavy atom. The van der Waals surface area contributed by atoms with Gasteiger partial charge in [-0.3, -0.25) is 9.13 Å². The zero-order chi connectivity index (χ0) is 59.8. The molecule has 15 rings (SSSR count). The van der Waals surface area contributed by atoms with E-state index in [1.807, 2.05) is 103 Å². The van der Waals surface area contributed by atoms with Crippen LogP contribution in [0.3, 0.4) is 0 Å². The Bertz CT molecular complexity index is 4960. The lowest BCUT2D eigenvalue weighted by atomic mass is 9.87. The van der Waals surface area contributed by atoms with Crippen molar-refractivity contribution in [2.75, 3.05) is 0 Å². The van der Waals surface area contributed by atoms with Crippen molar-refractivity contribution in [3.63, 3.8) is 0 Å². The van der Waals surface area contributed by atoms with Gasteiger partial charge >= 0.3 is 0 Å². The molecule has 332 valence electrons. The number of para-hydroxylation sites is 6. The minimum atomic E-state index is -0.670. The molecular weight excluding hydrogens is 863 g/mol. The third-order valence-electron chi connectivity index (χ3n) is 14.1. The van der Waals surface area contributed by atoms with Crippen LogP contribution in [0.5, 0.6) is 0 Å². The Morgan fingerprint density at radius 1 is 0.423 bits per heavy atom. The molecule has 0 unspecified atom stereocenters. The van der Waals surface area contributed by atoms with Crippen molar-refractivity contribution in [2.45, 2.75) is 12.8 Å². The standard InChI is InChI=1S/C66H43N5/c1-41-18-16-29-54-51-25-10-15-34-60(51)71(65(41)54)62-40-55(67-66(68-62)70-58-32-13-8-23-49(58)50-24-9-14-33-59(50)70)64-44(28-17-35-61(64)69-56-30-11-6-21-47(56)48-22-7-12-31-57(48)69)42-36-38-43(39-37-42)63-52-26-4-2-19-45(52)46-20-3-5-27-53(46)63/h2-40,63H,1H3/i8D,9D,10D,13D,14D,15D,16D,18D,23D,24D,25D,29D,32D,33D,34D. The largest absolute Gasteiger partial charge is 0.309 e. The molecule has 10 aromatic carbocycles. The molecule has 0 radical (unpaired) electrons. The topological polar surface area (TPSA) is 40.6 Å². The van der Waals surface area contributed by atoms with Gasteiger partial charge in [-0.05, 0) is 87.8 Å². The van der Waals surface area contributed by atoms with E-state index in [1.54, 1.807) is 13.0 Å². The van der Waals surface area contributed by atoms with Gasteiger partial charge in [0, 0.05) is 49.9 Å². The first kappa shape index (κ1) is 27.6. The lowest BCUT2D eigenvalue weighted by Gasteiger charge is -2.20. The third-order valence-corrected chi connectivity index (χ3v) is 14.1. The summed E-state index contributed by atoms with van der Waals surface area (Å²) in [4.78, 5) is 10.6. The van der Waals surface area contributed by atoms with Crippen molar-refractivity contribution in [3.05, 3.63) is 258 Å². The number of nitrogens with zero attached hydrogens (tertiary/aromatic N) is 5. The fourth-order valence-electron chi connectivity index (χ4n) is 11.1. The Morgan fingerprint density at radius 3 is 1.61 bits per heavy atom. The first-order valence-corrected chi connectivity index (χ1v) is 23.2. The zero-order valence-electron chi connectivity index (χ0n) is 52.7. The highest BCUT2D eigenvalue weighted by Gasteiger charge is 2.30. The fourth-order valence-corrected chi connectivity index (χ4v) is 11.1. The highest BCUT2D eigenvalue weighted by Crippen LogP contribution is 2.49. The van der Waals surface area contributed by atoms with Crippen LogP contribution in [-0.4, -0.2) is 23.7 Å². The van der Waals surface area contributed by atoms with Crippen LogP contribution in [0, 0.1) is 6.92 Å². The molecule has 0 aliphatic heterocycles. The fraction of sp³-hybridized carbons (Fsp3) is 0.0303. The van der Waals surface area contributed by atoms with Crippen molar-refractivity contribution in [2.24, 2.45) is 0 Å². The number of hydrogen-bond donors (Lipinski definition) is 0. The molecule has 0 saturated carbocycles. The number of aromatic nitrogens is 5. The van der Waals surface area contributed by atoms with E-state index in [4.69, 9.17) is 19.6 Å². The molecule has 0 spiro atoms. The van der Waals surface area contributed by atoms with Crippen LogP contribution in [0.4, 0.5) is 0 Å². The Hall–Kier alpha value is -9.32. The van der Waals surface area contributed by atoms with E-state index in [2.05, 4.69) is 41.0 Å². The van der Waals surface area contributed by atoms with Gasteiger partial charge in [0.1, 0.15) is 5.82 Å². The molecule has 0 bridgehead atoms. The van der Waals surface area contributed by atoms with E-state index >= 15 is 0 Å². The molecule has 0 fully saturated rings.